The molecule has 1 aromatic heterocycles. The van der Waals surface area contributed by atoms with Crippen LogP contribution in [0.3, 0.4) is 0 Å². The minimum atomic E-state index is -0.515. The molecular weight excluding hydrogens is 318 g/mol. The van der Waals surface area contributed by atoms with Crippen LogP contribution >= 0.6 is 0 Å². The normalized spacial score (nSPS) is 19.5. The molecule has 1 aliphatic rings. The van der Waals surface area contributed by atoms with E-state index < -0.39 is 6.10 Å². The van der Waals surface area contributed by atoms with Crippen molar-refractivity contribution in [3.05, 3.63) is 48.4 Å². The minimum Gasteiger partial charge on any atom is -0.487 e. The van der Waals surface area contributed by atoms with Crippen LogP contribution in [0.4, 0.5) is 0 Å². The van der Waals surface area contributed by atoms with Gasteiger partial charge in [-0.2, -0.15) is 0 Å². The molecule has 1 saturated heterocycles. The monoisotopic (exact) mass is 345 g/mol. The molecule has 0 aliphatic carbocycles. The van der Waals surface area contributed by atoms with Gasteiger partial charge in [0.2, 0.25) is 0 Å². The summed E-state index contributed by atoms with van der Waals surface area (Å²) in [7, 11) is 0. The van der Waals surface area contributed by atoms with Crippen LogP contribution in [0.1, 0.15) is 31.9 Å². The number of ether oxygens (including phenoxy) is 2. The summed E-state index contributed by atoms with van der Waals surface area (Å²) in [6.07, 6.45) is 4.81. The SMILES string of the molecule is CC1CCCCN1CC(O)COc1ccccc1OCc1ccco1. The Kier molecular flexibility index (Phi) is 6.36. The summed E-state index contributed by atoms with van der Waals surface area (Å²) in [6, 6.07) is 11.7. The smallest absolute Gasteiger partial charge is 0.161 e. The van der Waals surface area contributed by atoms with Crippen molar-refractivity contribution in [1.29, 1.82) is 0 Å². The lowest BCUT2D eigenvalue weighted by Crippen LogP contribution is -2.43. The molecule has 1 aliphatic heterocycles. The van der Waals surface area contributed by atoms with E-state index in [0.717, 1.165) is 12.3 Å². The van der Waals surface area contributed by atoms with Crippen molar-refractivity contribution in [1.82, 2.24) is 4.90 Å². The fourth-order valence-electron chi connectivity index (χ4n) is 3.17. The predicted molar refractivity (Wildman–Crippen MR) is 95.9 cm³/mol. The Labute approximate surface area is 149 Å². The maximum atomic E-state index is 10.3. The number of hydrogen-bond donors (Lipinski definition) is 1. The second kappa shape index (κ2) is 8.92. The van der Waals surface area contributed by atoms with E-state index in [4.69, 9.17) is 13.9 Å². The van der Waals surface area contributed by atoms with Gasteiger partial charge in [-0.3, -0.25) is 4.90 Å². The lowest BCUT2D eigenvalue weighted by Gasteiger charge is -2.34. The van der Waals surface area contributed by atoms with E-state index in [1.807, 2.05) is 36.4 Å². The molecule has 2 heterocycles. The molecule has 5 nitrogen and oxygen atoms in total. The summed E-state index contributed by atoms with van der Waals surface area (Å²) in [6.45, 7) is 4.54. The van der Waals surface area contributed by atoms with Gasteiger partial charge in [-0.25, -0.2) is 0 Å². The Bertz CT molecular complexity index is 628. The zero-order valence-electron chi connectivity index (χ0n) is 14.8. The fraction of sp³-hybridized carbons (Fsp3) is 0.500. The van der Waals surface area contributed by atoms with Gasteiger partial charge in [-0.15, -0.1) is 0 Å². The van der Waals surface area contributed by atoms with Gasteiger partial charge in [0.1, 0.15) is 25.1 Å². The van der Waals surface area contributed by atoms with Crippen molar-refractivity contribution in [3.8, 4) is 11.5 Å². The van der Waals surface area contributed by atoms with Gasteiger partial charge in [-0.05, 0) is 50.6 Å². The van der Waals surface area contributed by atoms with Crippen LogP contribution in [0.2, 0.25) is 0 Å². The summed E-state index contributed by atoms with van der Waals surface area (Å²) in [5.74, 6) is 2.05. The van der Waals surface area contributed by atoms with E-state index >= 15 is 0 Å². The molecule has 0 radical (unpaired) electrons. The number of aliphatic hydroxyl groups excluding tert-OH is 1. The lowest BCUT2D eigenvalue weighted by molar-refractivity contribution is 0.0428. The Morgan fingerprint density at radius 2 is 1.96 bits per heavy atom. The molecule has 0 amide bonds. The summed E-state index contributed by atoms with van der Waals surface area (Å²) in [4.78, 5) is 2.34. The molecule has 1 fully saturated rings. The molecule has 5 heteroatoms. The van der Waals surface area contributed by atoms with Crippen molar-refractivity contribution in [3.63, 3.8) is 0 Å². The molecule has 0 spiro atoms. The van der Waals surface area contributed by atoms with Crippen LogP contribution < -0.4 is 9.47 Å². The Balaban J connectivity index is 1.50. The van der Waals surface area contributed by atoms with Crippen LogP contribution in [0.15, 0.2) is 47.1 Å². The van der Waals surface area contributed by atoms with Crippen molar-refractivity contribution < 1.29 is 19.0 Å². The molecule has 136 valence electrons. The van der Waals surface area contributed by atoms with E-state index in [1.165, 1.54) is 19.3 Å². The predicted octanol–water partition coefficient (Wildman–Crippen LogP) is 3.47. The molecule has 1 N–H and O–H groups in total. The van der Waals surface area contributed by atoms with Crippen molar-refractivity contribution in [2.24, 2.45) is 0 Å². The number of hydrogen-bond acceptors (Lipinski definition) is 5. The summed E-state index contributed by atoms with van der Waals surface area (Å²) < 4.78 is 16.9. The van der Waals surface area contributed by atoms with Crippen LogP contribution in [0.25, 0.3) is 0 Å². The second-order valence-electron chi connectivity index (χ2n) is 6.62. The number of rotatable bonds is 8. The van der Waals surface area contributed by atoms with Gasteiger partial charge < -0.3 is 19.0 Å². The average Bonchev–Trinajstić information content (AvgIpc) is 3.14. The molecule has 0 saturated carbocycles. The molecule has 3 rings (SSSR count). The number of benzene rings is 1. The third-order valence-electron chi connectivity index (χ3n) is 4.62. The first kappa shape index (κ1) is 17.8. The first-order valence-corrected chi connectivity index (χ1v) is 9.01. The highest BCUT2D eigenvalue weighted by molar-refractivity contribution is 5.39. The first-order chi connectivity index (χ1) is 12.2. The van der Waals surface area contributed by atoms with Gasteiger partial charge >= 0.3 is 0 Å². The largest absolute Gasteiger partial charge is 0.487 e. The Morgan fingerprint density at radius 3 is 2.68 bits per heavy atom. The molecule has 2 atom stereocenters. The number of nitrogens with zero attached hydrogens (tertiary/aromatic N) is 1. The topological polar surface area (TPSA) is 55.1 Å². The summed E-state index contributed by atoms with van der Waals surface area (Å²) in [5, 5.41) is 10.3. The third kappa shape index (κ3) is 5.25. The minimum absolute atomic E-state index is 0.254. The molecule has 2 unspecified atom stereocenters. The highest BCUT2D eigenvalue weighted by atomic mass is 16.5. The number of aliphatic hydroxyl groups is 1. The van der Waals surface area contributed by atoms with E-state index in [1.54, 1.807) is 6.26 Å². The number of furan rings is 1. The van der Waals surface area contributed by atoms with Crippen molar-refractivity contribution >= 4 is 0 Å². The van der Waals surface area contributed by atoms with Crippen LogP contribution in [0.5, 0.6) is 11.5 Å². The standard InChI is InChI=1S/C20H27NO4/c1-16-7-4-5-11-21(16)13-17(22)14-24-19-9-2-3-10-20(19)25-15-18-8-6-12-23-18/h2-3,6,8-10,12,16-17,22H,4-5,7,11,13-15H2,1H3. The number of piperidine rings is 1. The maximum Gasteiger partial charge on any atom is 0.161 e. The molecule has 0 bridgehead atoms. The molecule has 2 aromatic rings. The maximum absolute atomic E-state index is 10.3. The zero-order chi connectivity index (χ0) is 17.5. The van der Waals surface area contributed by atoms with Gasteiger partial charge in [-0.1, -0.05) is 18.6 Å². The van der Waals surface area contributed by atoms with E-state index in [0.29, 0.717) is 30.7 Å². The zero-order valence-corrected chi connectivity index (χ0v) is 14.8. The second-order valence-corrected chi connectivity index (χ2v) is 6.62. The molecule has 25 heavy (non-hydrogen) atoms. The van der Waals surface area contributed by atoms with Crippen molar-refractivity contribution in [2.45, 2.75) is 44.9 Å². The summed E-state index contributed by atoms with van der Waals surface area (Å²) in [5.41, 5.74) is 0. The van der Waals surface area contributed by atoms with Crippen molar-refractivity contribution in [2.75, 3.05) is 19.7 Å². The Hall–Kier alpha value is -1.98. The quantitative estimate of drug-likeness (QED) is 0.794. The van der Waals surface area contributed by atoms with Crippen LogP contribution in [-0.4, -0.2) is 41.8 Å². The molecular formula is C20H27NO4. The number of β-amino-alcohol motifs (C(OH)–C–C–N with tert-alkyl or cyclic N) is 1. The molecule has 1 aromatic carbocycles. The lowest BCUT2D eigenvalue weighted by atomic mass is 10.0. The van der Waals surface area contributed by atoms with E-state index in [2.05, 4.69) is 11.8 Å². The van der Waals surface area contributed by atoms with Gasteiger partial charge in [0.05, 0.1) is 6.26 Å². The first-order valence-electron chi connectivity index (χ1n) is 9.01. The van der Waals surface area contributed by atoms with Crippen LogP contribution in [-0.2, 0) is 6.61 Å². The number of likely N-dealkylation sites (tertiary alicyclic amines) is 1. The van der Waals surface area contributed by atoms with Gasteiger partial charge in [0, 0.05) is 12.6 Å². The van der Waals surface area contributed by atoms with E-state index in [-0.39, 0.29) is 6.61 Å². The fourth-order valence-corrected chi connectivity index (χ4v) is 3.17. The third-order valence-corrected chi connectivity index (χ3v) is 4.62. The average molecular weight is 345 g/mol. The highest BCUT2D eigenvalue weighted by Crippen LogP contribution is 2.27. The highest BCUT2D eigenvalue weighted by Gasteiger charge is 2.21. The van der Waals surface area contributed by atoms with Crippen LogP contribution in [0, 0.1) is 0 Å². The summed E-state index contributed by atoms with van der Waals surface area (Å²) >= 11 is 0. The van der Waals surface area contributed by atoms with Gasteiger partial charge in [0.25, 0.3) is 0 Å². The van der Waals surface area contributed by atoms with E-state index in [9.17, 15) is 5.11 Å². The Morgan fingerprint density at radius 1 is 1.16 bits per heavy atom. The van der Waals surface area contributed by atoms with Gasteiger partial charge in [0.15, 0.2) is 11.5 Å². The number of para-hydroxylation sites is 2.